The molecule has 0 unspecified atom stereocenters. The minimum Gasteiger partial charge on any atom is -0.383 e. The van der Waals surface area contributed by atoms with E-state index in [2.05, 4.69) is 0 Å². The van der Waals surface area contributed by atoms with E-state index in [0.717, 1.165) is 0 Å². The van der Waals surface area contributed by atoms with Gasteiger partial charge < -0.3 is 9.64 Å². The number of benzene rings is 1. The number of rotatable bonds is 8. The second-order valence-corrected chi connectivity index (χ2v) is 4.40. The number of carbonyl (C=O) groups is 1. The first-order chi connectivity index (χ1) is 10.0. The smallest absolute Gasteiger partial charge is 0.270 e. The summed E-state index contributed by atoms with van der Waals surface area (Å²) in [7, 11) is 1.56. The Morgan fingerprint density at radius 1 is 1.48 bits per heavy atom. The van der Waals surface area contributed by atoms with Crippen molar-refractivity contribution in [3.8, 4) is 6.07 Å². The van der Waals surface area contributed by atoms with E-state index in [0.29, 0.717) is 25.4 Å². The number of hydrogen-bond acceptors (Lipinski definition) is 6. The molecule has 0 aliphatic rings. The number of anilines is 1. The molecule has 0 N–H and O–H groups in total. The summed E-state index contributed by atoms with van der Waals surface area (Å²) in [6.45, 7) is 2.72. The zero-order valence-corrected chi connectivity index (χ0v) is 12.0. The van der Waals surface area contributed by atoms with Crippen LogP contribution >= 0.6 is 0 Å². The normalized spacial score (nSPS) is 9.95. The lowest BCUT2D eigenvalue weighted by atomic mass is 10.1. The van der Waals surface area contributed by atoms with Crippen LogP contribution in [-0.4, -0.2) is 37.5 Å². The van der Waals surface area contributed by atoms with Crippen LogP contribution in [0, 0.1) is 21.4 Å². The van der Waals surface area contributed by atoms with E-state index in [1.54, 1.807) is 13.2 Å². The summed E-state index contributed by atoms with van der Waals surface area (Å²) in [5.41, 5.74) is 0.731. The third kappa shape index (κ3) is 4.54. The van der Waals surface area contributed by atoms with Crippen molar-refractivity contribution in [3.63, 3.8) is 0 Å². The molecule has 112 valence electrons. The Hall–Kier alpha value is -2.46. The Labute approximate surface area is 122 Å². The maximum Gasteiger partial charge on any atom is 0.270 e. The molecule has 0 aliphatic heterocycles. The van der Waals surface area contributed by atoms with Crippen LogP contribution in [0.5, 0.6) is 0 Å². The number of nitriles is 1. The first kappa shape index (κ1) is 16.6. The number of nitro groups is 1. The lowest BCUT2D eigenvalue weighted by Crippen LogP contribution is -2.29. The van der Waals surface area contributed by atoms with Gasteiger partial charge in [0.2, 0.25) is 0 Å². The van der Waals surface area contributed by atoms with E-state index in [1.165, 1.54) is 19.1 Å². The number of non-ortho nitro benzene ring substituents is 1. The molecule has 7 nitrogen and oxygen atoms in total. The van der Waals surface area contributed by atoms with Crippen molar-refractivity contribution in [2.45, 2.75) is 13.3 Å². The van der Waals surface area contributed by atoms with Crippen LogP contribution in [-0.2, 0) is 4.74 Å². The van der Waals surface area contributed by atoms with E-state index < -0.39 is 4.92 Å². The van der Waals surface area contributed by atoms with Crippen LogP contribution in [0.3, 0.4) is 0 Å². The van der Waals surface area contributed by atoms with Gasteiger partial charge in [0, 0.05) is 43.6 Å². The second kappa shape index (κ2) is 7.97. The van der Waals surface area contributed by atoms with Crippen molar-refractivity contribution in [1.29, 1.82) is 5.26 Å². The molecule has 0 fully saturated rings. The SMILES string of the molecule is COCCN(CCC#N)c1ccc([N+](=O)[O-])cc1C(C)=O. The number of ether oxygens (including phenoxy) is 1. The van der Waals surface area contributed by atoms with Gasteiger partial charge in [-0.3, -0.25) is 14.9 Å². The highest BCUT2D eigenvalue weighted by Gasteiger charge is 2.18. The molecular formula is C14H17N3O4. The predicted molar refractivity (Wildman–Crippen MR) is 77.4 cm³/mol. The molecule has 0 aliphatic carbocycles. The highest BCUT2D eigenvalue weighted by Crippen LogP contribution is 2.26. The number of nitrogens with zero attached hydrogens (tertiary/aromatic N) is 3. The van der Waals surface area contributed by atoms with Crippen molar-refractivity contribution >= 4 is 17.2 Å². The van der Waals surface area contributed by atoms with Crippen molar-refractivity contribution in [2.24, 2.45) is 0 Å². The second-order valence-electron chi connectivity index (χ2n) is 4.40. The molecule has 0 radical (unpaired) electrons. The fourth-order valence-electron chi connectivity index (χ4n) is 1.93. The quantitative estimate of drug-likeness (QED) is 0.413. The fourth-order valence-corrected chi connectivity index (χ4v) is 1.93. The van der Waals surface area contributed by atoms with Gasteiger partial charge in [0.05, 0.1) is 24.0 Å². The monoisotopic (exact) mass is 291 g/mol. The van der Waals surface area contributed by atoms with E-state index in [1.807, 2.05) is 11.0 Å². The van der Waals surface area contributed by atoms with Gasteiger partial charge in [-0.2, -0.15) is 5.26 Å². The molecule has 7 heteroatoms. The largest absolute Gasteiger partial charge is 0.383 e. The molecule has 21 heavy (non-hydrogen) atoms. The Balaban J connectivity index is 3.19. The summed E-state index contributed by atoms with van der Waals surface area (Å²) in [4.78, 5) is 23.9. The van der Waals surface area contributed by atoms with Crippen LogP contribution in [0.1, 0.15) is 23.7 Å². The summed E-state index contributed by atoms with van der Waals surface area (Å²) < 4.78 is 5.02. The minimum atomic E-state index is -0.537. The molecule has 0 saturated carbocycles. The number of nitro benzene ring substituents is 1. The van der Waals surface area contributed by atoms with Gasteiger partial charge >= 0.3 is 0 Å². The topological polar surface area (TPSA) is 96.5 Å². The van der Waals surface area contributed by atoms with Gasteiger partial charge in [-0.1, -0.05) is 0 Å². The van der Waals surface area contributed by atoms with Gasteiger partial charge in [0.1, 0.15) is 0 Å². The van der Waals surface area contributed by atoms with E-state index >= 15 is 0 Å². The van der Waals surface area contributed by atoms with Crippen LogP contribution in [0.2, 0.25) is 0 Å². The average Bonchev–Trinajstić information content (AvgIpc) is 2.46. The maximum absolute atomic E-state index is 11.7. The Bertz CT molecular complexity index is 566. The van der Waals surface area contributed by atoms with Crippen LogP contribution in [0.4, 0.5) is 11.4 Å². The molecule has 1 aromatic carbocycles. The predicted octanol–water partition coefficient (Wildman–Crippen LogP) is 2.16. The number of carbonyl (C=O) groups excluding carboxylic acids is 1. The molecule has 0 bridgehead atoms. The third-order valence-corrected chi connectivity index (χ3v) is 2.97. The van der Waals surface area contributed by atoms with Gasteiger partial charge in [-0.05, 0) is 13.0 Å². The number of hydrogen-bond donors (Lipinski definition) is 0. The zero-order valence-electron chi connectivity index (χ0n) is 12.0. The first-order valence-electron chi connectivity index (χ1n) is 6.41. The Morgan fingerprint density at radius 2 is 2.19 bits per heavy atom. The molecule has 0 heterocycles. The minimum absolute atomic E-state index is 0.129. The Morgan fingerprint density at radius 3 is 2.71 bits per heavy atom. The highest BCUT2D eigenvalue weighted by atomic mass is 16.6. The summed E-state index contributed by atoms with van der Waals surface area (Å²) in [5, 5.41) is 19.5. The molecule has 0 aromatic heterocycles. The van der Waals surface area contributed by atoms with Crippen LogP contribution in [0.25, 0.3) is 0 Å². The summed E-state index contributed by atoms with van der Waals surface area (Å²) in [6.07, 6.45) is 0.290. The molecule has 0 amide bonds. The zero-order chi connectivity index (χ0) is 15.8. The van der Waals surface area contributed by atoms with Crippen molar-refractivity contribution in [1.82, 2.24) is 0 Å². The molecule has 0 atom stereocenters. The van der Waals surface area contributed by atoms with E-state index in [4.69, 9.17) is 10.00 Å². The molecule has 0 saturated heterocycles. The fraction of sp³-hybridized carbons (Fsp3) is 0.429. The van der Waals surface area contributed by atoms with Gasteiger partial charge in [0.15, 0.2) is 5.78 Å². The van der Waals surface area contributed by atoms with Crippen LogP contribution < -0.4 is 4.90 Å². The highest BCUT2D eigenvalue weighted by molar-refractivity contribution is 6.00. The first-order valence-corrected chi connectivity index (χ1v) is 6.41. The van der Waals surface area contributed by atoms with Gasteiger partial charge in [-0.15, -0.1) is 0 Å². The lowest BCUT2D eigenvalue weighted by molar-refractivity contribution is -0.384. The standard InChI is InChI=1S/C14H17N3O4/c1-11(18)13-10-12(17(19)20)4-5-14(13)16(7-3-6-15)8-9-21-2/h4-5,10H,3,7-9H2,1-2H3. The number of ketones is 1. The molecule has 1 aromatic rings. The molecule has 0 spiro atoms. The van der Waals surface area contributed by atoms with Crippen LogP contribution in [0.15, 0.2) is 18.2 Å². The number of methoxy groups -OCH3 is 1. The van der Waals surface area contributed by atoms with Crippen molar-refractivity contribution < 1.29 is 14.5 Å². The summed E-state index contributed by atoms with van der Waals surface area (Å²) >= 11 is 0. The number of Topliss-reactive ketones (excluding diaryl/α,β-unsaturated/α-hetero) is 1. The lowest BCUT2D eigenvalue weighted by Gasteiger charge is -2.25. The maximum atomic E-state index is 11.7. The molecule has 1 rings (SSSR count). The summed E-state index contributed by atoms with van der Waals surface area (Å²) in [6, 6.07) is 6.21. The summed E-state index contributed by atoms with van der Waals surface area (Å²) in [5.74, 6) is -0.256. The molecular weight excluding hydrogens is 274 g/mol. The third-order valence-electron chi connectivity index (χ3n) is 2.97. The van der Waals surface area contributed by atoms with Gasteiger partial charge in [-0.25, -0.2) is 0 Å². The van der Waals surface area contributed by atoms with Gasteiger partial charge in [0.25, 0.3) is 5.69 Å². The Kier molecular flexibility index (Phi) is 6.30. The van der Waals surface area contributed by atoms with Crippen molar-refractivity contribution in [2.75, 3.05) is 31.7 Å². The van der Waals surface area contributed by atoms with Crippen molar-refractivity contribution in [3.05, 3.63) is 33.9 Å². The van der Waals surface area contributed by atoms with E-state index in [9.17, 15) is 14.9 Å². The average molecular weight is 291 g/mol. The van der Waals surface area contributed by atoms with E-state index in [-0.39, 0.29) is 23.5 Å².